The Bertz CT molecular complexity index is 628. The van der Waals surface area contributed by atoms with Crippen molar-refractivity contribution in [3.63, 3.8) is 0 Å². The lowest BCUT2D eigenvalue weighted by molar-refractivity contribution is 0.157. The van der Waals surface area contributed by atoms with Crippen LogP contribution in [0.1, 0.15) is 12.0 Å². The molecule has 0 saturated carbocycles. The van der Waals surface area contributed by atoms with Gasteiger partial charge in [0, 0.05) is 25.8 Å². The zero-order chi connectivity index (χ0) is 15.3. The number of methoxy groups -OCH3 is 1. The van der Waals surface area contributed by atoms with Gasteiger partial charge in [0.1, 0.15) is 6.61 Å². The average Bonchev–Trinajstić information content (AvgIpc) is 2.95. The van der Waals surface area contributed by atoms with Crippen molar-refractivity contribution in [3.8, 4) is 11.8 Å². The predicted molar refractivity (Wildman–Crippen MR) is 79.1 cm³/mol. The number of hydrogen-bond donors (Lipinski definition) is 1. The summed E-state index contributed by atoms with van der Waals surface area (Å²) in [6.45, 7) is 1.40. The third-order valence-electron chi connectivity index (χ3n) is 3.45. The summed E-state index contributed by atoms with van der Waals surface area (Å²) in [5, 5.41) is 8.64. The average molecular weight is 309 g/mol. The van der Waals surface area contributed by atoms with E-state index in [0.717, 1.165) is 6.42 Å². The van der Waals surface area contributed by atoms with E-state index < -0.39 is 10.0 Å². The van der Waals surface area contributed by atoms with Crippen LogP contribution in [0.25, 0.3) is 0 Å². The van der Waals surface area contributed by atoms with Gasteiger partial charge in [-0.25, -0.2) is 8.42 Å². The molecule has 1 saturated heterocycles. The summed E-state index contributed by atoms with van der Waals surface area (Å²) in [6.07, 6.45) is 0.827. The minimum atomic E-state index is -3.45. The molecular weight excluding hydrogens is 290 g/mol. The van der Waals surface area contributed by atoms with Gasteiger partial charge in [-0.1, -0.05) is 11.8 Å². The van der Waals surface area contributed by atoms with Crippen LogP contribution in [0.5, 0.6) is 0 Å². The highest BCUT2D eigenvalue weighted by atomic mass is 32.2. The molecule has 1 aliphatic heterocycles. The van der Waals surface area contributed by atoms with Gasteiger partial charge in [0.2, 0.25) is 10.0 Å². The Hall–Kier alpha value is -1.39. The van der Waals surface area contributed by atoms with E-state index in [1.165, 1.54) is 4.31 Å². The van der Waals surface area contributed by atoms with E-state index in [0.29, 0.717) is 25.3 Å². The minimum absolute atomic E-state index is 0.214. The fourth-order valence-electron chi connectivity index (χ4n) is 2.39. The van der Waals surface area contributed by atoms with Crippen molar-refractivity contribution >= 4 is 10.0 Å². The molecule has 5 nitrogen and oxygen atoms in total. The van der Waals surface area contributed by atoms with E-state index in [9.17, 15) is 8.42 Å². The Balaban J connectivity index is 2.13. The second kappa shape index (κ2) is 7.05. The molecule has 0 aliphatic carbocycles. The molecule has 1 aromatic carbocycles. The van der Waals surface area contributed by atoms with Gasteiger partial charge in [0.15, 0.2) is 0 Å². The molecular formula is C15H19NO4S. The number of aliphatic hydroxyl groups is 1. The van der Waals surface area contributed by atoms with Gasteiger partial charge in [0.05, 0.1) is 11.5 Å². The molecule has 0 bridgehead atoms. The standard InChI is InChI=1S/C15H19NO4S/c1-20-12-14-8-9-16(11-14)21(18,19)15-6-4-13(5-7-15)3-2-10-17/h4-7,14,17H,8-12H2,1H3. The molecule has 114 valence electrons. The van der Waals surface area contributed by atoms with Gasteiger partial charge >= 0.3 is 0 Å². The number of aliphatic hydroxyl groups excluding tert-OH is 1. The van der Waals surface area contributed by atoms with Gasteiger partial charge in [0.25, 0.3) is 0 Å². The first-order chi connectivity index (χ1) is 10.1. The molecule has 1 aromatic rings. The highest BCUT2D eigenvalue weighted by molar-refractivity contribution is 7.89. The number of sulfonamides is 1. The zero-order valence-electron chi connectivity index (χ0n) is 11.9. The molecule has 1 atom stereocenters. The van der Waals surface area contributed by atoms with Crippen molar-refractivity contribution in [2.45, 2.75) is 11.3 Å². The van der Waals surface area contributed by atoms with Crippen molar-refractivity contribution in [3.05, 3.63) is 29.8 Å². The molecule has 0 spiro atoms. The first-order valence-corrected chi connectivity index (χ1v) is 8.21. The normalized spacial score (nSPS) is 19.2. The van der Waals surface area contributed by atoms with Gasteiger partial charge in [-0.05, 0) is 36.6 Å². The fourth-order valence-corrected chi connectivity index (χ4v) is 3.92. The largest absolute Gasteiger partial charge is 0.384 e. The Morgan fingerprint density at radius 2 is 2.10 bits per heavy atom. The monoisotopic (exact) mass is 309 g/mol. The van der Waals surface area contributed by atoms with Crippen LogP contribution in [0.4, 0.5) is 0 Å². The first-order valence-electron chi connectivity index (χ1n) is 6.77. The zero-order valence-corrected chi connectivity index (χ0v) is 12.8. The Labute approximate surface area is 125 Å². The topological polar surface area (TPSA) is 66.8 Å². The number of nitrogens with zero attached hydrogens (tertiary/aromatic N) is 1. The second-order valence-electron chi connectivity index (χ2n) is 4.96. The van der Waals surface area contributed by atoms with Crippen LogP contribution < -0.4 is 0 Å². The first kappa shape index (κ1) is 16.0. The molecule has 2 rings (SSSR count). The fraction of sp³-hybridized carbons (Fsp3) is 0.467. The van der Waals surface area contributed by atoms with E-state index in [-0.39, 0.29) is 17.4 Å². The molecule has 1 unspecified atom stereocenters. The summed E-state index contributed by atoms with van der Waals surface area (Å²) in [5.74, 6) is 5.53. The van der Waals surface area contributed by atoms with Crippen LogP contribution in [-0.2, 0) is 14.8 Å². The third kappa shape index (κ3) is 3.83. The lowest BCUT2D eigenvalue weighted by Gasteiger charge is -2.16. The van der Waals surface area contributed by atoms with E-state index >= 15 is 0 Å². The van der Waals surface area contributed by atoms with Crippen molar-refractivity contribution in [2.75, 3.05) is 33.4 Å². The molecule has 1 aliphatic rings. The van der Waals surface area contributed by atoms with Crippen LogP contribution >= 0.6 is 0 Å². The summed E-state index contributed by atoms with van der Waals surface area (Å²) in [7, 11) is -1.82. The second-order valence-corrected chi connectivity index (χ2v) is 6.90. The van der Waals surface area contributed by atoms with Crippen molar-refractivity contribution < 1.29 is 18.3 Å². The molecule has 1 N–H and O–H groups in total. The van der Waals surface area contributed by atoms with Crippen LogP contribution in [0.3, 0.4) is 0 Å². The number of benzene rings is 1. The Morgan fingerprint density at radius 3 is 2.71 bits per heavy atom. The maximum absolute atomic E-state index is 12.5. The van der Waals surface area contributed by atoms with Crippen molar-refractivity contribution in [1.29, 1.82) is 0 Å². The Morgan fingerprint density at radius 1 is 1.38 bits per heavy atom. The third-order valence-corrected chi connectivity index (χ3v) is 5.33. The quantitative estimate of drug-likeness (QED) is 0.831. The van der Waals surface area contributed by atoms with Gasteiger partial charge in [-0.2, -0.15) is 4.31 Å². The lowest BCUT2D eigenvalue weighted by atomic mass is 10.1. The predicted octanol–water partition coefficient (Wildman–Crippen LogP) is 0.687. The SMILES string of the molecule is COCC1CCN(S(=O)(=O)c2ccc(C#CCO)cc2)C1. The highest BCUT2D eigenvalue weighted by Gasteiger charge is 2.32. The number of rotatable bonds is 4. The maximum atomic E-state index is 12.5. The molecule has 1 heterocycles. The van der Waals surface area contributed by atoms with Gasteiger partial charge in [-0.15, -0.1) is 0 Å². The van der Waals surface area contributed by atoms with Gasteiger partial charge < -0.3 is 9.84 Å². The van der Waals surface area contributed by atoms with Crippen molar-refractivity contribution in [2.24, 2.45) is 5.92 Å². The van der Waals surface area contributed by atoms with Crippen LogP contribution in [-0.4, -0.2) is 51.2 Å². The molecule has 1 fully saturated rings. The summed E-state index contributed by atoms with van der Waals surface area (Å²) < 4.78 is 31.6. The molecule has 6 heteroatoms. The van der Waals surface area contributed by atoms with E-state index in [1.807, 2.05) is 0 Å². The number of hydrogen-bond acceptors (Lipinski definition) is 4. The summed E-state index contributed by atoms with van der Waals surface area (Å²) >= 11 is 0. The van der Waals surface area contributed by atoms with E-state index in [4.69, 9.17) is 9.84 Å². The van der Waals surface area contributed by atoms with E-state index in [1.54, 1.807) is 31.4 Å². The lowest BCUT2D eigenvalue weighted by Crippen LogP contribution is -2.29. The summed E-state index contributed by atoms with van der Waals surface area (Å²) in [6, 6.07) is 6.41. The molecule has 0 aromatic heterocycles. The van der Waals surface area contributed by atoms with Crippen LogP contribution in [0.2, 0.25) is 0 Å². The van der Waals surface area contributed by atoms with Gasteiger partial charge in [-0.3, -0.25) is 0 Å². The van der Waals surface area contributed by atoms with Crippen LogP contribution in [0, 0.1) is 17.8 Å². The number of ether oxygens (including phenoxy) is 1. The molecule has 0 amide bonds. The summed E-state index contributed by atoms with van der Waals surface area (Å²) in [5.41, 5.74) is 0.682. The minimum Gasteiger partial charge on any atom is -0.384 e. The summed E-state index contributed by atoms with van der Waals surface area (Å²) in [4.78, 5) is 0.273. The molecule has 21 heavy (non-hydrogen) atoms. The van der Waals surface area contributed by atoms with E-state index in [2.05, 4.69) is 11.8 Å². The maximum Gasteiger partial charge on any atom is 0.243 e. The highest BCUT2D eigenvalue weighted by Crippen LogP contribution is 2.24. The van der Waals surface area contributed by atoms with Crippen molar-refractivity contribution in [1.82, 2.24) is 4.31 Å². The molecule has 0 radical (unpaired) electrons. The smallest absolute Gasteiger partial charge is 0.243 e. The van der Waals surface area contributed by atoms with Crippen LogP contribution in [0.15, 0.2) is 29.2 Å². The Kier molecular flexibility index (Phi) is 5.37.